The summed E-state index contributed by atoms with van der Waals surface area (Å²) >= 11 is 0. The second-order valence-electron chi connectivity index (χ2n) is 3.02. The number of aldehydes is 1. The first kappa shape index (κ1) is 9.78. The average Bonchev–Trinajstić information content (AvgIpc) is 2.19. The molecule has 0 amide bonds. The van der Waals surface area contributed by atoms with Crippen LogP contribution in [0.4, 0.5) is 0 Å². The number of carbonyl (C=O) groups excluding carboxylic acids is 1. The van der Waals surface area contributed by atoms with Crippen LogP contribution in [0.2, 0.25) is 0 Å². The Morgan fingerprint density at radius 1 is 1.38 bits per heavy atom. The fourth-order valence-electron chi connectivity index (χ4n) is 0.941. The highest BCUT2D eigenvalue weighted by atomic mass is 16.5. The lowest BCUT2D eigenvalue weighted by Crippen LogP contribution is -2.09. The van der Waals surface area contributed by atoms with E-state index in [1.165, 1.54) is 0 Å². The summed E-state index contributed by atoms with van der Waals surface area (Å²) in [5.41, 5.74) is 0.677. The quantitative estimate of drug-likeness (QED) is 0.662. The molecule has 0 saturated carbocycles. The Morgan fingerprint density at radius 3 is 2.46 bits per heavy atom. The molecule has 0 saturated heterocycles. The zero-order chi connectivity index (χ0) is 9.68. The van der Waals surface area contributed by atoms with Crippen molar-refractivity contribution in [3.63, 3.8) is 0 Å². The highest BCUT2D eigenvalue weighted by molar-refractivity contribution is 5.74. The van der Waals surface area contributed by atoms with E-state index in [0.29, 0.717) is 5.56 Å². The third-order valence-corrected chi connectivity index (χ3v) is 1.93. The lowest BCUT2D eigenvalue weighted by molar-refractivity contribution is 0.112. The molecule has 0 aliphatic rings. The molecule has 70 valence electrons. The van der Waals surface area contributed by atoms with Crippen molar-refractivity contribution in [2.75, 3.05) is 0 Å². The summed E-state index contributed by atoms with van der Waals surface area (Å²) in [5, 5.41) is 0. The number of benzene rings is 1. The molecule has 0 heterocycles. The van der Waals surface area contributed by atoms with E-state index in [2.05, 4.69) is 6.92 Å². The number of ether oxygens (including phenoxy) is 1. The van der Waals surface area contributed by atoms with Gasteiger partial charge in [-0.3, -0.25) is 4.79 Å². The van der Waals surface area contributed by atoms with Crippen molar-refractivity contribution in [1.29, 1.82) is 0 Å². The van der Waals surface area contributed by atoms with Gasteiger partial charge in [-0.1, -0.05) is 6.92 Å². The predicted octanol–water partition coefficient (Wildman–Crippen LogP) is 2.68. The zero-order valence-corrected chi connectivity index (χ0v) is 7.99. The molecular formula is C11H14O2. The SMILES string of the molecule is CC[C@@H](C)Oc1ccc(C=O)cc1. The first-order chi connectivity index (χ1) is 6.26. The Morgan fingerprint density at radius 2 is 2.00 bits per heavy atom. The molecule has 0 aliphatic heterocycles. The second-order valence-corrected chi connectivity index (χ2v) is 3.02. The molecule has 2 nitrogen and oxygen atoms in total. The summed E-state index contributed by atoms with van der Waals surface area (Å²) in [5.74, 6) is 0.819. The Balaban J connectivity index is 2.63. The largest absolute Gasteiger partial charge is 0.491 e. The second kappa shape index (κ2) is 4.65. The van der Waals surface area contributed by atoms with Crippen LogP contribution < -0.4 is 4.74 Å². The highest BCUT2D eigenvalue weighted by Crippen LogP contribution is 2.13. The van der Waals surface area contributed by atoms with Crippen LogP contribution in [0.3, 0.4) is 0 Å². The molecule has 1 aromatic carbocycles. The van der Waals surface area contributed by atoms with Crippen LogP contribution in [-0.4, -0.2) is 12.4 Å². The van der Waals surface area contributed by atoms with Gasteiger partial charge in [0.1, 0.15) is 12.0 Å². The van der Waals surface area contributed by atoms with Crippen molar-refractivity contribution in [3.05, 3.63) is 29.8 Å². The standard InChI is InChI=1S/C11H14O2/c1-3-9(2)13-11-6-4-10(8-12)5-7-11/h4-9H,3H2,1-2H3/t9-/m1/s1. The van der Waals surface area contributed by atoms with Crippen LogP contribution in [0.5, 0.6) is 5.75 Å². The molecule has 0 bridgehead atoms. The molecule has 1 aromatic rings. The highest BCUT2D eigenvalue weighted by Gasteiger charge is 1.99. The summed E-state index contributed by atoms with van der Waals surface area (Å²) in [6.45, 7) is 4.10. The summed E-state index contributed by atoms with van der Waals surface area (Å²) in [7, 11) is 0. The van der Waals surface area contributed by atoms with E-state index in [0.717, 1.165) is 18.5 Å². The summed E-state index contributed by atoms with van der Waals surface area (Å²) in [4.78, 5) is 10.4. The molecule has 1 atom stereocenters. The molecule has 0 spiro atoms. The Hall–Kier alpha value is -1.31. The summed E-state index contributed by atoms with van der Waals surface area (Å²) < 4.78 is 5.55. The topological polar surface area (TPSA) is 26.3 Å². The van der Waals surface area contributed by atoms with E-state index in [1.54, 1.807) is 12.1 Å². The monoisotopic (exact) mass is 178 g/mol. The van der Waals surface area contributed by atoms with Crippen molar-refractivity contribution in [3.8, 4) is 5.75 Å². The van der Waals surface area contributed by atoms with Gasteiger partial charge in [-0.25, -0.2) is 0 Å². The van der Waals surface area contributed by atoms with Gasteiger partial charge in [0.05, 0.1) is 6.10 Å². The van der Waals surface area contributed by atoms with Crippen molar-refractivity contribution < 1.29 is 9.53 Å². The predicted molar refractivity (Wildman–Crippen MR) is 52.2 cm³/mol. The minimum absolute atomic E-state index is 0.224. The smallest absolute Gasteiger partial charge is 0.150 e. The van der Waals surface area contributed by atoms with Gasteiger partial charge in [-0.05, 0) is 37.6 Å². The minimum Gasteiger partial charge on any atom is -0.491 e. The first-order valence-corrected chi connectivity index (χ1v) is 4.48. The third kappa shape index (κ3) is 2.90. The van der Waals surface area contributed by atoms with Crippen LogP contribution in [0.15, 0.2) is 24.3 Å². The Kier molecular flexibility index (Phi) is 3.50. The molecule has 0 radical (unpaired) electrons. The van der Waals surface area contributed by atoms with Gasteiger partial charge < -0.3 is 4.74 Å². The summed E-state index contributed by atoms with van der Waals surface area (Å²) in [6, 6.07) is 7.14. The van der Waals surface area contributed by atoms with Crippen molar-refractivity contribution >= 4 is 6.29 Å². The van der Waals surface area contributed by atoms with Gasteiger partial charge >= 0.3 is 0 Å². The van der Waals surface area contributed by atoms with Gasteiger partial charge in [-0.2, -0.15) is 0 Å². The minimum atomic E-state index is 0.224. The molecule has 0 aromatic heterocycles. The van der Waals surface area contributed by atoms with Gasteiger partial charge in [-0.15, -0.1) is 0 Å². The molecule has 13 heavy (non-hydrogen) atoms. The van der Waals surface area contributed by atoms with E-state index >= 15 is 0 Å². The first-order valence-electron chi connectivity index (χ1n) is 4.48. The van der Waals surface area contributed by atoms with Gasteiger partial charge in [0.2, 0.25) is 0 Å². The molecule has 0 unspecified atom stereocenters. The van der Waals surface area contributed by atoms with E-state index < -0.39 is 0 Å². The van der Waals surface area contributed by atoms with Gasteiger partial charge in [0, 0.05) is 5.56 Å². The van der Waals surface area contributed by atoms with E-state index in [4.69, 9.17) is 4.74 Å². The lowest BCUT2D eigenvalue weighted by atomic mass is 10.2. The van der Waals surface area contributed by atoms with Crippen molar-refractivity contribution in [1.82, 2.24) is 0 Å². The van der Waals surface area contributed by atoms with Crippen LogP contribution in [0.1, 0.15) is 30.6 Å². The fourth-order valence-corrected chi connectivity index (χ4v) is 0.941. The average molecular weight is 178 g/mol. The normalized spacial score (nSPS) is 12.2. The number of rotatable bonds is 4. The molecule has 0 fully saturated rings. The number of hydrogen-bond donors (Lipinski definition) is 0. The molecule has 1 rings (SSSR count). The van der Waals surface area contributed by atoms with Gasteiger partial charge in [0.15, 0.2) is 0 Å². The molecule has 2 heteroatoms. The lowest BCUT2D eigenvalue weighted by Gasteiger charge is -2.11. The van der Waals surface area contributed by atoms with Crippen LogP contribution in [-0.2, 0) is 0 Å². The third-order valence-electron chi connectivity index (χ3n) is 1.93. The molecule has 0 aliphatic carbocycles. The maximum atomic E-state index is 10.4. The van der Waals surface area contributed by atoms with E-state index in [9.17, 15) is 4.79 Å². The van der Waals surface area contributed by atoms with Crippen LogP contribution in [0, 0.1) is 0 Å². The Bertz CT molecular complexity index is 264. The number of hydrogen-bond acceptors (Lipinski definition) is 2. The maximum Gasteiger partial charge on any atom is 0.150 e. The maximum absolute atomic E-state index is 10.4. The van der Waals surface area contributed by atoms with Gasteiger partial charge in [0.25, 0.3) is 0 Å². The van der Waals surface area contributed by atoms with Crippen LogP contribution >= 0.6 is 0 Å². The number of carbonyl (C=O) groups is 1. The van der Waals surface area contributed by atoms with Crippen LogP contribution in [0.25, 0.3) is 0 Å². The molecular weight excluding hydrogens is 164 g/mol. The fraction of sp³-hybridized carbons (Fsp3) is 0.364. The molecule has 0 N–H and O–H groups in total. The van der Waals surface area contributed by atoms with Crippen molar-refractivity contribution in [2.45, 2.75) is 26.4 Å². The Labute approximate surface area is 78.5 Å². The van der Waals surface area contributed by atoms with E-state index in [1.807, 2.05) is 19.1 Å². The zero-order valence-electron chi connectivity index (χ0n) is 7.99. The summed E-state index contributed by atoms with van der Waals surface area (Å²) in [6.07, 6.45) is 2.03. The van der Waals surface area contributed by atoms with E-state index in [-0.39, 0.29) is 6.10 Å². The van der Waals surface area contributed by atoms with Crippen molar-refractivity contribution in [2.24, 2.45) is 0 Å².